The van der Waals surface area contributed by atoms with E-state index in [-0.39, 0.29) is 43.6 Å². The minimum atomic E-state index is -0.351. The molecule has 27 heavy (non-hydrogen) atoms. The predicted molar refractivity (Wildman–Crippen MR) is 89.6 cm³/mol. The van der Waals surface area contributed by atoms with E-state index in [1.165, 1.54) is 0 Å². The van der Waals surface area contributed by atoms with Gasteiger partial charge >= 0.3 is 5.97 Å². The summed E-state index contributed by atoms with van der Waals surface area (Å²) in [6.07, 6.45) is -0.702. The number of carbonyl (C=O) groups excluding carboxylic acids is 1. The van der Waals surface area contributed by atoms with Crippen LogP contribution >= 0.6 is 0 Å². The van der Waals surface area contributed by atoms with Crippen molar-refractivity contribution in [1.82, 2.24) is 0 Å². The van der Waals surface area contributed by atoms with Gasteiger partial charge in [-0.1, -0.05) is 12.1 Å². The number of benzene rings is 2. The minimum absolute atomic E-state index is 0.0479. The number of esters is 1. The largest absolute Gasteiger partial charge is 0.457 e. The molecule has 7 heteroatoms. The van der Waals surface area contributed by atoms with Crippen molar-refractivity contribution in [2.45, 2.75) is 12.2 Å². The molecule has 2 fully saturated rings. The van der Waals surface area contributed by atoms with E-state index in [0.717, 1.165) is 11.1 Å². The van der Waals surface area contributed by atoms with Crippen molar-refractivity contribution in [3.8, 4) is 23.0 Å². The van der Waals surface area contributed by atoms with Gasteiger partial charge in [0.15, 0.2) is 23.0 Å². The molecule has 0 bridgehead atoms. The van der Waals surface area contributed by atoms with E-state index in [9.17, 15) is 4.79 Å². The molecule has 0 amide bonds. The summed E-state index contributed by atoms with van der Waals surface area (Å²) < 4.78 is 33.4. The molecular formula is C20H16O7. The number of cyclic esters (lactones) is 1. The molecule has 7 nitrogen and oxygen atoms in total. The van der Waals surface area contributed by atoms with Gasteiger partial charge in [-0.2, -0.15) is 0 Å². The second-order valence-electron chi connectivity index (χ2n) is 7.03. The van der Waals surface area contributed by atoms with Crippen LogP contribution in [0.2, 0.25) is 0 Å². The summed E-state index contributed by atoms with van der Waals surface area (Å²) in [6.45, 7) is 0.879. The fourth-order valence-electron chi connectivity index (χ4n) is 4.31. The highest BCUT2D eigenvalue weighted by molar-refractivity contribution is 5.77. The molecule has 2 saturated heterocycles. The molecule has 0 spiro atoms. The van der Waals surface area contributed by atoms with Gasteiger partial charge in [0.1, 0.15) is 6.10 Å². The molecule has 2 aromatic rings. The number of hydrogen-bond donors (Lipinski definition) is 0. The second kappa shape index (κ2) is 5.53. The second-order valence-corrected chi connectivity index (χ2v) is 7.03. The van der Waals surface area contributed by atoms with Crippen molar-refractivity contribution in [3.63, 3.8) is 0 Å². The van der Waals surface area contributed by atoms with Crippen LogP contribution in [0.25, 0.3) is 0 Å². The van der Waals surface area contributed by atoms with Crippen LogP contribution in [0.15, 0.2) is 36.4 Å². The normalized spacial score (nSPS) is 29.7. The highest BCUT2D eigenvalue weighted by Crippen LogP contribution is 2.52. The SMILES string of the molecule is O=C1O[C@H](c2ccc3c(c2)OCO3)[C@H]2CO[C@@H](c3ccc4c(c3)OCO4)[C@@H]12. The van der Waals surface area contributed by atoms with Gasteiger partial charge in [-0.25, -0.2) is 0 Å². The lowest BCUT2D eigenvalue weighted by molar-refractivity contribution is -0.148. The summed E-state index contributed by atoms with van der Waals surface area (Å²) in [6, 6.07) is 11.3. The van der Waals surface area contributed by atoms with Crippen LogP contribution in [0, 0.1) is 11.8 Å². The molecular weight excluding hydrogens is 352 g/mol. The van der Waals surface area contributed by atoms with Crippen LogP contribution in [0.5, 0.6) is 23.0 Å². The lowest BCUT2D eigenvalue weighted by Gasteiger charge is -2.15. The molecule has 2 aromatic carbocycles. The minimum Gasteiger partial charge on any atom is -0.457 e. The van der Waals surface area contributed by atoms with E-state index in [0.29, 0.717) is 29.6 Å². The zero-order chi connectivity index (χ0) is 18.0. The Bertz CT molecular complexity index is 884. The third-order valence-electron chi connectivity index (χ3n) is 5.61. The summed E-state index contributed by atoms with van der Waals surface area (Å²) >= 11 is 0. The quantitative estimate of drug-likeness (QED) is 0.755. The van der Waals surface area contributed by atoms with Crippen molar-refractivity contribution in [2.24, 2.45) is 11.8 Å². The molecule has 0 radical (unpaired) electrons. The first kappa shape index (κ1) is 15.2. The topological polar surface area (TPSA) is 72.5 Å². The highest BCUT2D eigenvalue weighted by atomic mass is 16.7. The number of carbonyl (C=O) groups is 1. The maximum atomic E-state index is 12.7. The fourth-order valence-corrected chi connectivity index (χ4v) is 4.31. The third-order valence-corrected chi connectivity index (χ3v) is 5.61. The molecule has 0 aliphatic carbocycles. The van der Waals surface area contributed by atoms with E-state index >= 15 is 0 Å². The van der Waals surface area contributed by atoms with Crippen LogP contribution in [-0.4, -0.2) is 26.2 Å². The highest BCUT2D eigenvalue weighted by Gasteiger charge is 2.54. The summed E-state index contributed by atoms with van der Waals surface area (Å²) in [4.78, 5) is 12.7. The van der Waals surface area contributed by atoms with Crippen LogP contribution in [0.3, 0.4) is 0 Å². The maximum Gasteiger partial charge on any atom is 0.313 e. The van der Waals surface area contributed by atoms with Gasteiger partial charge in [0.25, 0.3) is 0 Å². The number of fused-ring (bicyclic) bond motifs is 3. The number of ether oxygens (including phenoxy) is 6. The molecule has 6 rings (SSSR count). The molecule has 0 N–H and O–H groups in total. The van der Waals surface area contributed by atoms with Crippen LogP contribution < -0.4 is 18.9 Å². The van der Waals surface area contributed by atoms with Crippen LogP contribution in [-0.2, 0) is 14.3 Å². The Morgan fingerprint density at radius 3 is 2.00 bits per heavy atom. The van der Waals surface area contributed by atoms with Crippen molar-refractivity contribution in [2.75, 3.05) is 20.2 Å². The summed E-state index contributed by atoms with van der Waals surface area (Å²) in [5.41, 5.74) is 1.80. The first-order chi connectivity index (χ1) is 13.3. The standard InChI is InChI=1S/C20H16O7/c21-20-17-12(18(27-20)10-1-3-13-15(5-10)25-8-23-13)7-22-19(17)11-2-4-14-16(6-11)26-9-24-14/h1-6,12,17-19H,7-9H2/t12-,17-,18+,19-/m0/s1. The third kappa shape index (κ3) is 2.21. The van der Waals surface area contributed by atoms with Crippen molar-refractivity contribution in [1.29, 1.82) is 0 Å². The van der Waals surface area contributed by atoms with Gasteiger partial charge in [0.2, 0.25) is 13.6 Å². The van der Waals surface area contributed by atoms with Crippen molar-refractivity contribution in [3.05, 3.63) is 47.5 Å². The maximum absolute atomic E-state index is 12.7. The zero-order valence-corrected chi connectivity index (χ0v) is 14.3. The molecule has 0 aromatic heterocycles. The summed E-state index contributed by atoms with van der Waals surface area (Å²) in [5, 5.41) is 0. The van der Waals surface area contributed by atoms with E-state index in [4.69, 9.17) is 28.4 Å². The first-order valence-electron chi connectivity index (χ1n) is 8.89. The Labute approximate surface area is 154 Å². The molecule has 4 aliphatic heterocycles. The van der Waals surface area contributed by atoms with Crippen molar-refractivity contribution >= 4 is 5.97 Å². The molecule has 0 saturated carbocycles. The summed E-state index contributed by atoms with van der Waals surface area (Å²) in [7, 11) is 0. The van der Waals surface area contributed by atoms with Crippen LogP contribution in [0.1, 0.15) is 23.3 Å². The Balaban J connectivity index is 1.31. The molecule has 138 valence electrons. The van der Waals surface area contributed by atoms with Gasteiger partial charge in [0.05, 0.1) is 18.6 Å². The predicted octanol–water partition coefficient (Wildman–Crippen LogP) is 2.75. The molecule has 0 unspecified atom stereocenters. The summed E-state index contributed by atoms with van der Waals surface area (Å²) in [5.74, 6) is 2.15. The van der Waals surface area contributed by atoms with Gasteiger partial charge in [0, 0.05) is 5.92 Å². The number of hydrogen-bond acceptors (Lipinski definition) is 7. The molecule has 4 heterocycles. The smallest absolute Gasteiger partial charge is 0.313 e. The van der Waals surface area contributed by atoms with Gasteiger partial charge < -0.3 is 28.4 Å². The molecule has 4 aliphatic rings. The van der Waals surface area contributed by atoms with E-state index in [2.05, 4.69) is 0 Å². The Kier molecular flexibility index (Phi) is 3.11. The monoisotopic (exact) mass is 368 g/mol. The van der Waals surface area contributed by atoms with Crippen molar-refractivity contribution < 1.29 is 33.2 Å². The van der Waals surface area contributed by atoms with Gasteiger partial charge in [-0.15, -0.1) is 0 Å². The Morgan fingerprint density at radius 1 is 0.741 bits per heavy atom. The average Bonchev–Trinajstić information content (AvgIpc) is 3.45. The van der Waals surface area contributed by atoms with Crippen LogP contribution in [0.4, 0.5) is 0 Å². The molecule has 4 atom stereocenters. The van der Waals surface area contributed by atoms with E-state index < -0.39 is 0 Å². The lowest BCUT2D eigenvalue weighted by atomic mass is 9.84. The fraction of sp³-hybridized carbons (Fsp3) is 0.350. The van der Waals surface area contributed by atoms with E-state index in [1.807, 2.05) is 36.4 Å². The Morgan fingerprint density at radius 2 is 1.33 bits per heavy atom. The van der Waals surface area contributed by atoms with Gasteiger partial charge in [-0.3, -0.25) is 4.79 Å². The van der Waals surface area contributed by atoms with E-state index in [1.54, 1.807) is 0 Å². The zero-order valence-electron chi connectivity index (χ0n) is 14.3. The number of rotatable bonds is 2. The first-order valence-corrected chi connectivity index (χ1v) is 8.89. The van der Waals surface area contributed by atoms with Gasteiger partial charge in [-0.05, 0) is 35.4 Å². The Hall–Kier alpha value is -2.93. The lowest BCUT2D eigenvalue weighted by Crippen LogP contribution is -2.17. The average molecular weight is 368 g/mol.